The number of rotatable bonds is 3. The predicted molar refractivity (Wildman–Crippen MR) is 78.7 cm³/mol. The topological polar surface area (TPSA) is 77.0 Å². The van der Waals surface area contributed by atoms with E-state index < -0.39 is 5.69 Å². The summed E-state index contributed by atoms with van der Waals surface area (Å²) >= 11 is 0. The number of methoxy groups -OCH3 is 1. The van der Waals surface area contributed by atoms with Gasteiger partial charge in [0.15, 0.2) is 0 Å². The van der Waals surface area contributed by atoms with Gasteiger partial charge in [0.2, 0.25) is 0 Å². The van der Waals surface area contributed by atoms with Gasteiger partial charge in [0.25, 0.3) is 5.56 Å². The molecular weight excluding hydrogens is 270 g/mol. The number of ether oxygens (including phenoxy) is 1. The van der Waals surface area contributed by atoms with Gasteiger partial charge in [0.1, 0.15) is 11.4 Å². The van der Waals surface area contributed by atoms with Crippen molar-refractivity contribution in [2.45, 2.75) is 6.54 Å². The molecule has 0 unspecified atom stereocenters. The summed E-state index contributed by atoms with van der Waals surface area (Å²) in [7, 11) is 1.55. The van der Waals surface area contributed by atoms with Crippen LogP contribution in [-0.4, -0.2) is 21.6 Å². The summed E-state index contributed by atoms with van der Waals surface area (Å²) in [6.07, 6.45) is 1.53. The molecule has 0 radical (unpaired) electrons. The molecule has 0 saturated carbocycles. The van der Waals surface area contributed by atoms with Crippen LogP contribution in [0.3, 0.4) is 0 Å². The van der Waals surface area contributed by atoms with E-state index in [1.54, 1.807) is 25.3 Å². The van der Waals surface area contributed by atoms with Crippen LogP contribution < -0.4 is 16.0 Å². The number of nitrogens with one attached hydrogen (secondary N) is 1. The molecule has 6 nitrogen and oxygen atoms in total. The van der Waals surface area contributed by atoms with E-state index in [0.29, 0.717) is 16.8 Å². The number of benzene rings is 1. The molecule has 0 spiro atoms. The van der Waals surface area contributed by atoms with Crippen LogP contribution in [0.2, 0.25) is 0 Å². The zero-order valence-corrected chi connectivity index (χ0v) is 11.4. The zero-order valence-electron chi connectivity index (χ0n) is 11.4. The average molecular weight is 283 g/mol. The number of hydrogen-bond donors (Lipinski definition) is 1. The number of aromatic nitrogens is 3. The number of H-pyrrole nitrogens is 1. The van der Waals surface area contributed by atoms with Crippen molar-refractivity contribution in [3.05, 3.63) is 69.0 Å². The van der Waals surface area contributed by atoms with E-state index in [1.807, 2.05) is 18.2 Å². The number of para-hydroxylation sites is 1. The van der Waals surface area contributed by atoms with Gasteiger partial charge in [0.05, 0.1) is 19.0 Å². The van der Waals surface area contributed by atoms with Crippen molar-refractivity contribution in [2.75, 3.05) is 7.11 Å². The maximum absolute atomic E-state index is 12.4. The summed E-state index contributed by atoms with van der Waals surface area (Å²) in [4.78, 5) is 31.1. The first-order valence-electron chi connectivity index (χ1n) is 6.40. The molecule has 0 bridgehead atoms. The van der Waals surface area contributed by atoms with Crippen LogP contribution in [0.5, 0.6) is 5.75 Å². The Morgan fingerprint density at radius 2 is 2.00 bits per heavy atom. The Bertz CT molecular complexity index is 912. The van der Waals surface area contributed by atoms with Gasteiger partial charge in [-0.05, 0) is 18.2 Å². The summed E-state index contributed by atoms with van der Waals surface area (Å²) in [5.74, 6) is 0.634. The van der Waals surface area contributed by atoms with E-state index in [2.05, 4.69) is 9.97 Å². The largest absolute Gasteiger partial charge is 0.496 e. The Balaban J connectivity index is 2.17. The molecule has 21 heavy (non-hydrogen) atoms. The maximum atomic E-state index is 12.4. The summed E-state index contributed by atoms with van der Waals surface area (Å²) in [5, 5.41) is 0.381. The van der Waals surface area contributed by atoms with Gasteiger partial charge in [-0.1, -0.05) is 18.2 Å². The summed E-state index contributed by atoms with van der Waals surface area (Å²) in [6.45, 7) is 0.142. The minimum absolute atomic E-state index is 0.142. The van der Waals surface area contributed by atoms with Crippen molar-refractivity contribution in [3.63, 3.8) is 0 Å². The first-order chi connectivity index (χ1) is 10.2. The molecule has 2 heterocycles. The number of nitrogens with zero attached hydrogens (tertiary/aromatic N) is 2. The second-order valence-corrected chi connectivity index (χ2v) is 4.53. The van der Waals surface area contributed by atoms with Gasteiger partial charge in [-0.15, -0.1) is 0 Å². The van der Waals surface area contributed by atoms with E-state index in [9.17, 15) is 9.59 Å². The molecule has 0 atom stereocenters. The lowest BCUT2D eigenvalue weighted by Gasteiger charge is -2.09. The van der Waals surface area contributed by atoms with Crippen LogP contribution in [0.1, 0.15) is 5.56 Å². The smallest absolute Gasteiger partial charge is 0.330 e. The molecule has 0 fully saturated rings. The molecule has 0 amide bonds. The predicted octanol–water partition coefficient (Wildman–Crippen LogP) is 1.14. The normalized spacial score (nSPS) is 10.7. The lowest BCUT2D eigenvalue weighted by Crippen LogP contribution is -2.35. The SMILES string of the molecule is COc1ccccc1Cn1c(=O)[nH]c2ncccc2c1=O. The van der Waals surface area contributed by atoms with Crippen LogP contribution in [0.4, 0.5) is 0 Å². The second-order valence-electron chi connectivity index (χ2n) is 4.53. The lowest BCUT2D eigenvalue weighted by atomic mass is 10.2. The molecular formula is C15H13N3O3. The van der Waals surface area contributed by atoms with Crippen molar-refractivity contribution in [3.8, 4) is 5.75 Å². The van der Waals surface area contributed by atoms with Gasteiger partial charge in [0, 0.05) is 11.8 Å². The van der Waals surface area contributed by atoms with Crippen LogP contribution >= 0.6 is 0 Å². The highest BCUT2D eigenvalue weighted by Crippen LogP contribution is 2.17. The van der Waals surface area contributed by atoms with Crippen molar-refractivity contribution in [1.29, 1.82) is 0 Å². The van der Waals surface area contributed by atoms with E-state index >= 15 is 0 Å². The molecule has 0 aliphatic rings. The number of hydrogen-bond acceptors (Lipinski definition) is 4. The third-order valence-corrected chi connectivity index (χ3v) is 3.27. The summed E-state index contributed by atoms with van der Waals surface area (Å²) in [6, 6.07) is 10.6. The van der Waals surface area contributed by atoms with Crippen LogP contribution in [0, 0.1) is 0 Å². The average Bonchev–Trinajstić information content (AvgIpc) is 2.52. The van der Waals surface area contributed by atoms with E-state index in [-0.39, 0.29) is 12.1 Å². The van der Waals surface area contributed by atoms with Crippen LogP contribution in [-0.2, 0) is 6.54 Å². The van der Waals surface area contributed by atoms with Gasteiger partial charge in [-0.25, -0.2) is 9.78 Å². The summed E-state index contributed by atoms with van der Waals surface area (Å²) < 4.78 is 6.39. The second kappa shape index (κ2) is 5.24. The first-order valence-corrected chi connectivity index (χ1v) is 6.40. The standard InChI is InChI=1S/C15H13N3O3/c1-21-12-7-3-2-5-10(12)9-18-14(19)11-6-4-8-16-13(11)17-15(18)20/h2-8H,9H2,1H3,(H,16,17,20). The Hall–Kier alpha value is -2.89. The molecule has 0 aliphatic heterocycles. The number of fused-ring (bicyclic) bond motifs is 1. The van der Waals surface area contributed by atoms with Crippen LogP contribution in [0.25, 0.3) is 11.0 Å². The fourth-order valence-corrected chi connectivity index (χ4v) is 2.23. The van der Waals surface area contributed by atoms with E-state index in [4.69, 9.17) is 4.74 Å². The minimum Gasteiger partial charge on any atom is -0.496 e. The third-order valence-electron chi connectivity index (χ3n) is 3.27. The number of pyridine rings is 1. The quantitative estimate of drug-likeness (QED) is 0.782. The fraction of sp³-hybridized carbons (Fsp3) is 0.133. The molecule has 6 heteroatoms. The Kier molecular flexibility index (Phi) is 3.27. The molecule has 106 valence electrons. The van der Waals surface area contributed by atoms with E-state index in [0.717, 1.165) is 10.1 Å². The third kappa shape index (κ3) is 2.31. The van der Waals surface area contributed by atoms with Crippen molar-refractivity contribution >= 4 is 11.0 Å². The van der Waals surface area contributed by atoms with Gasteiger partial charge >= 0.3 is 5.69 Å². The molecule has 3 rings (SSSR count). The Morgan fingerprint density at radius 3 is 2.81 bits per heavy atom. The highest BCUT2D eigenvalue weighted by molar-refractivity contribution is 5.72. The Labute approximate surface area is 119 Å². The fourth-order valence-electron chi connectivity index (χ4n) is 2.23. The molecule has 0 saturated heterocycles. The maximum Gasteiger partial charge on any atom is 0.330 e. The van der Waals surface area contributed by atoms with Crippen molar-refractivity contribution in [2.24, 2.45) is 0 Å². The molecule has 1 N–H and O–H groups in total. The van der Waals surface area contributed by atoms with Gasteiger partial charge in [-0.2, -0.15) is 0 Å². The monoisotopic (exact) mass is 283 g/mol. The highest BCUT2D eigenvalue weighted by Gasteiger charge is 2.10. The minimum atomic E-state index is -0.489. The molecule has 0 aliphatic carbocycles. The van der Waals surface area contributed by atoms with Crippen molar-refractivity contribution in [1.82, 2.24) is 14.5 Å². The zero-order chi connectivity index (χ0) is 14.8. The lowest BCUT2D eigenvalue weighted by molar-refractivity contribution is 0.408. The van der Waals surface area contributed by atoms with Gasteiger partial charge in [-0.3, -0.25) is 14.3 Å². The van der Waals surface area contributed by atoms with Gasteiger partial charge < -0.3 is 4.74 Å². The Morgan fingerprint density at radius 1 is 1.19 bits per heavy atom. The highest BCUT2D eigenvalue weighted by atomic mass is 16.5. The summed E-state index contributed by atoms with van der Waals surface area (Å²) in [5.41, 5.74) is 0.199. The molecule has 3 aromatic rings. The molecule has 2 aromatic heterocycles. The first kappa shape index (κ1) is 13.1. The van der Waals surface area contributed by atoms with E-state index in [1.165, 1.54) is 6.20 Å². The van der Waals surface area contributed by atoms with Crippen molar-refractivity contribution < 1.29 is 4.74 Å². The van der Waals surface area contributed by atoms with Crippen LogP contribution in [0.15, 0.2) is 52.2 Å². The number of aromatic amines is 1. The molecule has 1 aromatic carbocycles.